The van der Waals surface area contributed by atoms with Gasteiger partial charge in [-0.05, 0) is 30.5 Å². The summed E-state index contributed by atoms with van der Waals surface area (Å²) >= 11 is 0. The first-order chi connectivity index (χ1) is 7.30. The van der Waals surface area contributed by atoms with E-state index in [1.54, 1.807) is 0 Å². The minimum atomic E-state index is -4.30. The molecule has 1 aromatic rings. The van der Waals surface area contributed by atoms with Crippen LogP contribution in [0.2, 0.25) is 0 Å². The smallest absolute Gasteiger partial charge is 0.300 e. The predicted octanol–water partition coefficient (Wildman–Crippen LogP) is 3.79. The van der Waals surface area contributed by atoms with Crippen LogP contribution in [-0.4, -0.2) is 5.78 Å². The summed E-state index contributed by atoms with van der Waals surface area (Å²) in [6, 6.07) is 4.95. The van der Waals surface area contributed by atoms with Crippen LogP contribution in [0.5, 0.6) is 0 Å². The maximum atomic E-state index is 12.3. The zero-order valence-corrected chi connectivity index (χ0v) is 9.14. The van der Waals surface area contributed by atoms with E-state index in [0.717, 1.165) is 17.7 Å². The third-order valence-electron chi connectivity index (χ3n) is 2.40. The van der Waals surface area contributed by atoms with Crippen LogP contribution in [0.25, 0.3) is 0 Å². The quantitative estimate of drug-likeness (QED) is 0.772. The molecule has 16 heavy (non-hydrogen) atoms. The van der Waals surface area contributed by atoms with E-state index in [2.05, 4.69) is 0 Å². The Morgan fingerprint density at radius 2 is 1.75 bits per heavy atom. The summed E-state index contributed by atoms with van der Waals surface area (Å²) in [5, 5.41) is 0. The first kappa shape index (κ1) is 12.7. The average Bonchev–Trinajstić information content (AvgIpc) is 2.15. The Kier molecular flexibility index (Phi) is 3.73. The molecule has 0 spiro atoms. The number of halogens is 3. The molecule has 0 saturated heterocycles. The lowest BCUT2D eigenvalue weighted by Crippen LogP contribution is -2.05. The zero-order chi connectivity index (χ0) is 12.3. The SMILES string of the molecule is CC(=O)CC(C)c1ccc(C(F)(F)F)cc1. The van der Waals surface area contributed by atoms with E-state index in [9.17, 15) is 18.0 Å². The molecule has 0 aliphatic carbocycles. The summed E-state index contributed by atoms with van der Waals surface area (Å²) in [5.41, 5.74) is 0.0921. The summed E-state index contributed by atoms with van der Waals surface area (Å²) in [5.74, 6) is -0.00724. The molecule has 0 saturated carbocycles. The highest BCUT2D eigenvalue weighted by molar-refractivity contribution is 5.76. The van der Waals surface area contributed by atoms with Crippen molar-refractivity contribution in [2.75, 3.05) is 0 Å². The first-order valence-electron chi connectivity index (χ1n) is 4.97. The molecule has 0 aliphatic rings. The Morgan fingerprint density at radius 1 is 1.25 bits per heavy atom. The Balaban J connectivity index is 2.83. The number of alkyl halides is 3. The molecule has 4 heteroatoms. The maximum Gasteiger partial charge on any atom is 0.416 e. The lowest BCUT2D eigenvalue weighted by molar-refractivity contribution is -0.137. The molecule has 0 aromatic heterocycles. The van der Waals surface area contributed by atoms with Gasteiger partial charge in [0.25, 0.3) is 0 Å². The average molecular weight is 230 g/mol. The van der Waals surface area contributed by atoms with Gasteiger partial charge in [-0.25, -0.2) is 0 Å². The van der Waals surface area contributed by atoms with Crippen molar-refractivity contribution in [1.82, 2.24) is 0 Å². The molecule has 1 unspecified atom stereocenters. The molecule has 1 aromatic carbocycles. The molecule has 1 nitrogen and oxygen atoms in total. The lowest BCUT2D eigenvalue weighted by Gasteiger charge is -2.11. The largest absolute Gasteiger partial charge is 0.416 e. The highest BCUT2D eigenvalue weighted by Gasteiger charge is 2.30. The van der Waals surface area contributed by atoms with E-state index in [1.807, 2.05) is 6.92 Å². The molecule has 1 atom stereocenters. The van der Waals surface area contributed by atoms with Crippen LogP contribution >= 0.6 is 0 Å². The number of carbonyl (C=O) groups is 1. The molecule has 0 amide bonds. The Labute approximate surface area is 92.3 Å². The normalized spacial score (nSPS) is 13.6. The number of hydrogen-bond donors (Lipinski definition) is 0. The number of carbonyl (C=O) groups excluding carboxylic acids is 1. The van der Waals surface area contributed by atoms with Gasteiger partial charge in [-0.3, -0.25) is 0 Å². The van der Waals surface area contributed by atoms with Crippen molar-refractivity contribution in [2.24, 2.45) is 0 Å². The number of ketones is 1. The molecule has 1 rings (SSSR count). The van der Waals surface area contributed by atoms with Gasteiger partial charge in [0.15, 0.2) is 0 Å². The van der Waals surface area contributed by atoms with Crippen LogP contribution in [0.15, 0.2) is 24.3 Å². The Hall–Kier alpha value is -1.32. The van der Waals surface area contributed by atoms with Crippen molar-refractivity contribution in [3.8, 4) is 0 Å². The molecule has 0 radical (unpaired) electrons. The fraction of sp³-hybridized carbons (Fsp3) is 0.417. The predicted molar refractivity (Wildman–Crippen MR) is 55.2 cm³/mol. The topological polar surface area (TPSA) is 17.1 Å². The van der Waals surface area contributed by atoms with Crippen LogP contribution in [0, 0.1) is 0 Å². The van der Waals surface area contributed by atoms with Gasteiger partial charge in [-0.2, -0.15) is 13.2 Å². The van der Waals surface area contributed by atoms with Crippen molar-refractivity contribution < 1.29 is 18.0 Å². The second-order valence-electron chi connectivity index (χ2n) is 3.93. The van der Waals surface area contributed by atoms with Gasteiger partial charge in [-0.1, -0.05) is 19.1 Å². The molecular formula is C12H13F3O. The van der Waals surface area contributed by atoms with Crippen molar-refractivity contribution >= 4 is 5.78 Å². The lowest BCUT2D eigenvalue weighted by atomic mass is 9.95. The van der Waals surface area contributed by atoms with Gasteiger partial charge in [-0.15, -0.1) is 0 Å². The third-order valence-corrected chi connectivity index (χ3v) is 2.40. The van der Waals surface area contributed by atoms with Crippen LogP contribution in [0.4, 0.5) is 13.2 Å². The highest BCUT2D eigenvalue weighted by atomic mass is 19.4. The van der Waals surface area contributed by atoms with Crippen molar-refractivity contribution in [3.05, 3.63) is 35.4 Å². The molecule has 0 bridgehead atoms. The number of benzene rings is 1. The maximum absolute atomic E-state index is 12.3. The second-order valence-corrected chi connectivity index (χ2v) is 3.93. The molecule has 0 fully saturated rings. The van der Waals surface area contributed by atoms with Crippen molar-refractivity contribution in [1.29, 1.82) is 0 Å². The second kappa shape index (κ2) is 4.68. The summed E-state index contributed by atoms with van der Waals surface area (Å²) in [6.07, 6.45) is -3.95. The van der Waals surface area contributed by atoms with Gasteiger partial charge in [0, 0.05) is 6.42 Å². The van der Waals surface area contributed by atoms with Gasteiger partial charge >= 0.3 is 6.18 Å². The van der Waals surface area contributed by atoms with Crippen LogP contribution < -0.4 is 0 Å². The standard InChI is InChI=1S/C12H13F3O/c1-8(7-9(2)16)10-3-5-11(6-4-10)12(13,14)15/h3-6,8H,7H2,1-2H3. The summed E-state index contributed by atoms with van der Waals surface area (Å²) in [4.78, 5) is 10.9. The molecule has 0 aliphatic heterocycles. The van der Waals surface area contributed by atoms with E-state index >= 15 is 0 Å². The van der Waals surface area contributed by atoms with E-state index in [4.69, 9.17) is 0 Å². The number of hydrogen-bond acceptors (Lipinski definition) is 1. The van der Waals surface area contributed by atoms with E-state index in [0.29, 0.717) is 6.42 Å². The van der Waals surface area contributed by atoms with Gasteiger partial charge in [0.05, 0.1) is 5.56 Å². The van der Waals surface area contributed by atoms with Gasteiger partial charge in [0.2, 0.25) is 0 Å². The molecule has 88 valence electrons. The summed E-state index contributed by atoms with van der Waals surface area (Å²) in [6.45, 7) is 3.30. The number of rotatable bonds is 3. The summed E-state index contributed by atoms with van der Waals surface area (Å²) < 4.78 is 36.8. The van der Waals surface area contributed by atoms with Crippen LogP contribution in [-0.2, 0) is 11.0 Å². The van der Waals surface area contributed by atoms with Crippen LogP contribution in [0.1, 0.15) is 37.3 Å². The van der Waals surface area contributed by atoms with Crippen LogP contribution in [0.3, 0.4) is 0 Å². The number of Topliss-reactive ketones (excluding diaryl/α,β-unsaturated/α-hetero) is 1. The van der Waals surface area contributed by atoms with Crippen molar-refractivity contribution in [2.45, 2.75) is 32.4 Å². The molecular weight excluding hydrogens is 217 g/mol. The molecule has 0 heterocycles. The fourth-order valence-electron chi connectivity index (χ4n) is 1.55. The monoisotopic (exact) mass is 230 g/mol. The summed E-state index contributed by atoms with van der Waals surface area (Å²) in [7, 11) is 0. The van der Waals surface area contributed by atoms with E-state index in [-0.39, 0.29) is 11.7 Å². The first-order valence-corrected chi connectivity index (χ1v) is 4.97. The van der Waals surface area contributed by atoms with Crippen molar-refractivity contribution in [3.63, 3.8) is 0 Å². The zero-order valence-electron chi connectivity index (χ0n) is 9.14. The minimum Gasteiger partial charge on any atom is -0.300 e. The van der Waals surface area contributed by atoms with Gasteiger partial charge < -0.3 is 4.79 Å². The molecule has 0 N–H and O–H groups in total. The van der Waals surface area contributed by atoms with Gasteiger partial charge in [0.1, 0.15) is 5.78 Å². The Morgan fingerprint density at radius 3 is 2.12 bits per heavy atom. The highest BCUT2D eigenvalue weighted by Crippen LogP contribution is 2.30. The minimum absolute atomic E-state index is 0.0346. The van der Waals surface area contributed by atoms with E-state index < -0.39 is 11.7 Å². The Bertz CT molecular complexity index is 365. The fourth-order valence-corrected chi connectivity index (χ4v) is 1.55. The van der Waals surface area contributed by atoms with E-state index in [1.165, 1.54) is 19.1 Å². The third kappa shape index (κ3) is 3.36.